The highest BCUT2D eigenvalue weighted by molar-refractivity contribution is 5.79. The van der Waals surface area contributed by atoms with Gasteiger partial charge in [0.25, 0.3) is 0 Å². The SMILES string of the molecule is CCOC(=O)CN(CC(=O)N(CCc1ccccc1)Cc1ccc(C)o1)[C@@H](C)CC. The molecule has 1 aromatic heterocycles. The van der Waals surface area contributed by atoms with Crippen molar-refractivity contribution in [2.45, 2.75) is 53.1 Å². The van der Waals surface area contributed by atoms with Gasteiger partial charge in [-0.3, -0.25) is 14.5 Å². The zero-order valence-corrected chi connectivity index (χ0v) is 18.6. The molecule has 0 radical (unpaired) electrons. The first-order valence-corrected chi connectivity index (χ1v) is 10.7. The van der Waals surface area contributed by atoms with Crippen LogP contribution < -0.4 is 0 Å². The highest BCUT2D eigenvalue weighted by Gasteiger charge is 2.23. The second-order valence-corrected chi connectivity index (χ2v) is 7.53. The van der Waals surface area contributed by atoms with Gasteiger partial charge in [-0.1, -0.05) is 37.3 Å². The topological polar surface area (TPSA) is 63.0 Å². The number of carbonyl (C=O) groups excluding carboxylic acids is 2. The largest absolute Gasteiger partial charge is 0.465 e. The summed E-state index contributed by atoms with van der Waals surface area (Å²) in [5, 5.41) is 0. The van der Waals surface area contributed by atoms with Crippen LogP contribution in [0.5, 0.6) is 0 Å². The van der Waals surface area contributed by atoms with Gasteiger partial charge in [-0.15, -0.1) is 0 Å². The Labute approximate surface area is 179 Å². The fourth-order valence-electron chi connectivity index (χ4n) is 3.23. The third-order valence-corrected chi connectivity index (χ3v) is 5.20. The van der Waals surface area contributed by atoms with E-state index < -0.39 is 0 Å². The van der Waals surface area contributed by atoms with E-state index in [-0.39, 0.29) is 31.0 Å². The number of benzene rings is 1. The molecule has 30 heavy (non-hydrogen) atoms. The van der Waals surface area contributed by atoms with Crippen molar-refractivity contribution in [3.8, 4) is 0 Å². The first-order chi connectivity index (χ1) is 14.4. The van der Waals surface area contributed by atoms with E-state index in [4.69, 9.17) is 9.15 Å². The normalized spacial score (nSPS) is 12.0. The maximum Gasteiger partial charge on any atom is 0.320 e. The van der Waals surface area contributed by atoms with Crippen molar-refractivity contribution < 1.29 is 18.7 Å². The van der Waals surface area contributed by atoms with Crippen molar-refractivity contribution in [1.82, 2.24) is 9.80 Å². The van der Waals surface area contributed by atoms with Gasteiger partial charge in [-0.05, 0) is 51.3 Å². The predicted octanol–water partition coefficient (Wildman–Crippen LogP) is 3.82. The van der Waals surface area contributed by atoms with Gasteiger partial charge >= 0.3 is 5.97 Å². The van der Waals surface area contributed by atoms with Crippen molar-refractivity contribution in [3.05, 3.63) is 59.5 Å². The van der Waals surface area contributed by atoms with Crippen LogP contribution in [0, 0.1) is 6.92 Å². The number of amides is 1. The van der Waals surface area contributed by atoms with Gasteiger partial charge in [0.1, 0.15) is 11.5 Å². The molecule has 0 unspecified atom stereocenters. The first-order valence-electron chi connectivity index (χ1n) is 10.7. The molecule has 6 heteroatoms. The molecule has 164 valence electrons. The second-order valence-electron chi connectivity index (χ2n) is 7.53. The lowest BCUT2D eigenvalue weighted by Gasteiger charge is -2.30. The van der Waals surface area contributed by atoms with Crippen LogP contribution in [0.15, 0.2) is 46.9 Å². The Morgan fingerprint density at radius 1 is 1.07 bits per heavy atom. The van der Waals surface area contributed by atoms with Gasteiger partial charge < -0.3 is 14.1 Å². The minimum Gasteiger partial charge on any atom is -0.465 e. The van der Waals surface area contributed by atoms with Crippen LogP contribution in [0.25, 0.3) is 0 Å². The smallest absolute Gasteiger partial charge is 0.320 e. The zero-order chi connectivity index (χ0) is 21.9. The number of hydrogen-bond donors (Lipinski definition) is 0. The lowest BCUT2D eigenvalue weighted by molar-refractivity contribution is -0.146. The fraction of sp³-hybridized carbons (Fsp3) is 0.500. The summed E-state index contributed by atoms with van der Waals surface area (Å²) >= 11 is 0. The molecule has 1 heterocycles. The molecular formula is C24H34N2O4. The molecule has 1 aromatic carbocycles. The minimum atomic E-state index is -0.303. The van der Waals surface area contributed by atoms with Gasteiger partial charge in [-0.2, -0.15) is 0 Å². The third-order valence-electron chi connectivity index (χ3n) is 5.20. The molecule has 0 fully saturated rings. The summed E-state index contributed by atoms with van der Waals surface area (Å²) in [6.07, 6.45) is 1.60. The van der Waals surface area contributed by atoms with E-state index in [9.17, 15) is 9.59 Å². The van der Waals surface area contributed by atoms with Gasteiger partial charge in [0.05, 0.1) is 26.2 Å². The average molecular weight is 415 g/mol. The summed E-state index contributed by atoms with van der Waals surface area (Å²) in [5.74, 6) is 1.26. The van der Waals surface area contributed by atoms with Crippen molar-refractivity contribution >= 4 is 11.9 Å². The number of aryl methyl sites for hydroxylation is 1. The number of furan rings is 1. The molecule has 0 N–H and O–H groups in total. The number of esters is 1. The summed E-state index contributed by atoms with van der Waals surface area (Å²) < 4.78 is 10.8. The Morgan fingerprint density at radius 2 is 1.80 bits per heavy atom. The quantitative estimate of drug-likeness (QED) is 0.494. The van der Waals surface area contributed by atoms with Gasteiger partial charge in [0.15, 0.2) is 0 Å². The molecule has 0 saturated carbocycles. The molecule has 2 rings (SSSR count). The van der Waals surface area contributed by atoms with E-state index >= 15 is 0 Å². The van der Waals surface area contributed by atoms with Crippen molar-refractivity contribution in [2.24, 2.45) is 0 Å². The van der Waals surface area contributed by atoms with E-state index in [1.807, 2.05) is 60.9 Å². The lowest BCUT2D eigenvalue weighted by Crippen LogP contribution is -2.46. The second kappa shape index (κ2) is 12.2. The van der Waals surface area contributed by atoms with Crippen molar-refractivity contribution in [3.63, 3.8) is 0 Å². The molecule has 0 spiro atoms. The molecule has 1 atom stereocenters. The van der Waals surface area contributed by atoms with Crippen molar-refractivity contribution in [2.75, 3.05) is 26.2 Å². The van der Waals surface area contributed by atoms with E-state index in [2.05, 4.69) is 12.1 Å². The predicted molar refractivity (Wildman–Crippen MR) is 117 cm³/mol. The Hall–Kier alpha value is -2.60. The van der Waals surface area contributed by atoms with Gasteiger partial charge in [0.2, 0.25) is 5.91 Å². The van der Waals surface area contributed by atoms with Crippen LogP contribution in [0.4, 0.5) is 0 Å². The number of ether oxygens (including phenoxy) is 1. The Morgan fingerprint density at radius 3 is 2.40 bits per heavy atom. The standard InChI is InChI=1S/C24H34N2O4/c1-5-19(3)26(18-24(28)29-6-2)17-23(27)25(16-22-13-12-20(4)30-22)15-14-21-10-8-7-9-11-21/h7-13,19H,5-6,14-18H2,1-4H3/t19-/m0/s1. The van der Waals surface area contributed by atoms with Crippen LogP contribution in [-0.2, 0) is 27.3 Å². The van der Waals surface area contributed by atoms with Gasteiger partial charge in [-0.25, -0.2) is 0 Å². The molecule has 1 amide bonds. The summed E-state index contributed by atoms with van der Waals surface area (Å²) in [5.41, 5.74) is 1.18. The molecule has 0 saturated heterocycles. The fourth-order valence-corrected chi connectivity index (χ4v) is 3.23. The van der Waals surface area contributed by atoms with E-state index in [0.717, 1.165) is 24.4 Å². The van der Waals surface area contributed by atoms with E-state index in [0.29, 0.717) is 19.7 Å². The molecule has 2 aromatic rings. The van der Waals surface area contributed by atoms with E-state index in [1.54, 1.807) is 6.92 Å². The van der Waals surface area contributed by atoms with Crippen LogP contribution in [-0.4, -0.2) is 54.0 Å². The number of rotatable bonds is 12. The molecule has 0 aliphatic rings. The highest BCUT2D eigenvalue weighted by atomic mass is 16.5. The van der Waals surface area contributed by atoms with Crippen molar-refractivity contribution in [1.29, 1.82) is 0 Å². The number of hydrogen-bond acceptors (Lipinski definition) is 5. The first kappa shape index (κ1) is 23.7. The maximum absolute atomic E-state index is 13.2. The van der Waals surface area contributed by atoms with E-state index in [1.165, 1.54) is 5.56 Å². The Balaban J connectivity index is 2.10. The Bertz CT molecular complexity index is 788. The van der Waals surface area contributed by atoms with Crippen LogP contribution in [0.1, 0.15) is 44.3 Å². The summed E-state index contributed by atoms with van der Waals surface area (Å²) in [6, 6.07) is 14.0. The minimum absolute atomic E-state index is 0.0235. The molecule has 0 aliphatic carbocycles. The van der Waals surface area contributed by atoms with Gasteiger partial charge in [0, 0.05) is 12.6 Å². The van der Waals surface area contributed by atoms with Crippen LogP contribution >= 0.6 is 0 Å². The summed E-state index contributed by atoms with van der Waals surface area (Å²) in [7, 11) is 0. The highest BCUT2D eigenvalue weighted by Crippen LogP contribution is 2.13. The maximum atomic E-state index is 13.2. The summed E-state index contributed by atoms with van der Waals surface area (Å²) in [4.78, 5) is 29.0. The summed E-state index contributed by atoms with van der Waals surface area (Å²) in [6.45, 7) is 9.36. The number of carbonyl (C=O) groups is 2. The number of nitrogens with zero attached hydrogens (tertiary/aromatic N) is 2. The third kappa shape index (κ3) is 7.67. The molecule has 0 aliphatic heterocycles. The van der Waals surface area contributed by atoms with Crippen LogP contribution in [0.2, 0.25) is 0 Å². The molecule has 0 bridgehead atoms. The molecule has 6 nitrogen and oxygen atoms in total. The zero-order valence-electron chi connectivity index (χ0n) is 18.6. The monoisotopic (exact) mass is 414 g/mol. The molecular weight excluding hydrogens is 380 g/mol. The average Bonchev–Trinajstić information content (AvgIpc) is 3.15. The Kier molecular flexibility index (Phi) is 9.61. The lowest BCUT2D eigenvalue weighted by atomic mass is 10.1. The van der Waals surface area contributed by atoms with Crippen LogP contribution in [0.3, 0.4) is 0 Å².